The lowest BCUT2D eigenvalue weighted by Gasteiger charge is -2.25. The predicted octanol–water partition coefficient (Wildman–Crippen LogP) is 3.36. The molecule has 0 bridgehead atoms. The number of hydrogen-bond donors (Lipinski definition) is 1. The summed E-state index contributed by atoms with van der Waals surface area (Å²) < 4.78 is 27.2. The molecule has 0 spiro atoms. The summed E-state index contributed by atoms with van der Waals surface area (Å²) in [6.07, 6.45) is 2.36. The average molecular weight is 358 g/mol. The van der Waals surface area contributed by atoms with Crippen molar-refractivity contribution in [2.24, 2.45) is 5.92 Å². The zero-order chi connectivity index (χ0) is 18.0. The van der Waals surface area contributed by atoms with Crippen molar-refractivity contribution in [2.75, 3.05) is 11.8 Å². The molecule has 3 rings (SSSR count). The number of sulfonamides is 1. The highest BCUT2D eigenvalue weighted by molar-refractivity contribution is 7.92. The van der Waals surface area contributed by atoms with Crippen LogP contribution in [0.2, 0.25) is 0 Å². The molecule has 1 N–H and O–H groups in total. The van der Waals surface area contributed by atoms with E-state index in [0.29, 0.717) is 17.2 Å². The number of nitrogens with one attached hydrogen (secondary N) is 1. The first-order valence-electron chi connectivity index (χ1n) is 8.33. The number of rotatable bonds is 6. The van der Waals surface area contributed by atoms with E-state index in [1.54, 1.807) is 47.4 Å². The Labute approximate surface area is 148 Å². The van der Waals surface area contributed by atoms with Crippen LogP contribution in [0.1, 0.15) is 30.1 Å². The van der Waals surface area contributed by atoms with E-state index in [-0.39, 0.29) is 16.8 Å². The molecule has 0 heterocycles. The lowest BCUT2D eigenvalue weighted by Crippen LogP contribution is -2.36. The van der Waals surface area contributed by atoms with Gasteiger partial charge in [-0.2, -0.15) is 0 Å². The fraction of sp³-hybridized carbons (Fsp3) is 0.316. The van der Waals surface area contributed by atoms with Gasteiger partial charge in [-0.15, -0.1) is 0 Å². The Morgan fingerprint density at radius 3 is 2.24 bits per heavy atom. The highest BCUT2D eigenvalue weighted by Gasteiger charge is 2.32. The topological polar surface area (TPSA) is 66.5 Å². The summed E-state index contributed by atoms with van der Waals surface area (Å²) in [4.78, 5) is 14.5. The largest absolute Gasteiger partial charge is 0.339 e. The Morgan fingerprint density at radius 1 is 1.08 bits per heavy atom. The Morgan fingerprint density at radius 2 is 1.68 bits per heavy atom. The SMILES string of the molecule is C[C@H](C1CC1)N(C)C(=O)c1ccc(NS(=O)(=O)c2ccccc2)cc1. The van der Waals surface area contributed by atoms with Crippen molar-refractivity contribution in [1.29, 1.82) is 0 Å². The Balaban J connectivity index is 1.71. The molecular weight excluding hydrogens is 336 g/mol. The minimum Gasteiger partial charge on any atom is -0.339 e. The zero-order valence-corrected chi connectivity index (χ0v) is 15.2. The van der Waals surface area contributed by atoms with Gasteiger partial charge in [-0.05, 0) is 62.1 Å². The molecule has 1 atom stereocenters. The van der Waals surface area contributed by atoms with Gasteiger partial charge in [-0.3, -0.25) is 9.52 Å². The van der Waals surface area contributed by atoms with Crippen LogP contribution in [-0.4, -0.2) is 32.3 Å². The quantitative estimate of drug-likeness (QED) is 0.861. The summed E-state index contributed by atoms with van der Waals surface area (Å²) in [5, 5.41) is 0. The summed E-state index contributed by atoms with van der Waals surface area (Å²) in [6.45, 7) is 2.07. The third-order valence-electron chi connectivity index (χ3n) is 4.67. The van der Waals surface area contributed by atoms with Crippen molar-refractivity contribution in [3.8, 4) is 0 Å². The molecule has 1 aliphatic carbocycles. The minimum absolute atomic E-state index is 0.0446. The van der Waals surface area contributed by atoms with Gasteiger partial charge in [0, 0.05) is 24.3 Å². The van der Waals surface area contributed by atoms with Crippen LogP contribution in [0.3, 0.4) is 0 Å². The minimum atomic E-state index is -3.62. The van der Waals surface area contributed by atoms with Crippen LogP contribution in [0.5, 0.6) is 0 Å². The molecule has 6 heteroatoms. The Bertz CT molecular complexity index is 844. The summed E-state index contributed by atoms with van der Waals surface area (Å²) in [5.74, 6) is 0.558. The molecule has 2 aromatic rings. The third kappa shape index (κ3) is 4.02. The van der Waals surface area contributed by atoms with Crippen LogP contribution in [0.4, 0.5) is 5.69 Å². The first-order chi connectivity index (χ1) is 11.9. The molecule has 1 saturated carbocycles. The first kappa shape index (κ1) is 17.5. The van der Waals surface area contributed by atoms with E-state index in [0.717, 1.165) is 0 Å². The molecule has 1 aliphatic rings. The summed E-state index contributed by atoms with van der Waals surface area (Å²) >= 11 is 0. The molecule has 2 aromatic carbocycles. The smallest absolute Gasteiger partial charge is 0.261 e. The summed E-state index contributed by atoms with van der Waals surface area (Å²) in [5.41, 5.74) is 0.982. The molecule has 1 amide bonds. The molecule has 0 aliphatic heterocycles. The lowest BCUT2D eigenvalue weighted by atomic mass is 10.1. The van der Waals surface area contributed by atoms with E-state index in [1.165, 1.54) is 25.0 Å². The normalized spacial score (nSPS) is 15.4. The van der Waals surface area contributed by atoms with E-state index in [4.69, 9.17) is 0 Å². The van der Waals surface area contributed by atoms with Crippen molar-refractivity contribution < 1.29 is 13.2 Å². The van der Waals surface area contributed by atoms with Gasteiger partial charge in [0.1, 0.15) is 0 Å². The van der Waals surface area contributed by atoms with E-state index in [2.05, 4.69) is 11.6 Å². The molecular formula is C19H22N2O3S. The Kier molecular flexibility index (Phi) is 4.81. The maximum atomic E-state index is 12.5. The first-order valence-corrected chi connectivity index (χ1v) is 9.82. The fourth-order valence-corrected chi connectivity index (χ4v) is 3.86. The number of nitrogens with zero attached hydrogens (tertiary/aromatic N) is 1. The maximum absolute atomic E-state index is 12.5. The molecule has 1 fully saturated rings. The summed E-state index contributed by atoms with van der Waals surface area (Å²) in [7, 11) is -1.81. The number of benzene rings is 2. The van der Waals surface area contributed by atoms with Crippen molar-refractivity contribution in [3.63, 3.8) is 0 Å². The monoisotopic (exact) mass is 358 g/mol. The zero-order valence-electron chi connectivity index (χ0n) is 14.3. The van der Waals surface area contributed by atoms with Crippen LogP contribution >= 0.6 is 0 Å². The highest BCUT2D eigenvalue weighted by Crippen LogP contribution is 2.35. The Hall–Kier alpha value is -2.34. The van der Waals surface area contributed by atoms with Gasteiger partial charge in [-0.25, -0.2) is 8.42 Å². The lowest BCUT2D eigenvalue weighted by molar-refractivity contribution is 0.0727. The standard InChI is InChI=1S/C19H22N2O3S/c1-14(15-8-9-15)21(2)19(22)16-10-12-17(13-11-16)20-25(23,24)18-6-4-3-5-7-18/h3-7,10-15,20H,8-9H2,1-2H3/t14-/m1/s1. The van der Waals surface area contributed by atoms with E-state index in [9.17, 15) is 13.2 Å². The van der Waals surface area contributed by atoms with Gasteiger partial charge >= 0.3 is 0 Å². The van der Waals surface area contributed by atoms with Crippen molar-refractivity contribution in [1.82, 2.24) is 4.90 Å². The second-order valence-electron chi connectivity index (χ2n) is 6.49. The number of hydrogen-bond acceptors (Lipinski definition) is 3. The van der Waals surface area contributed by atoms with Gasteiger partial charge in [0.05, 0.1) is 4.90 Å². The molecule has 0 saturated heterocycles. The van der Waals surface area contributed by atoms with Crippen LogP contribution in [0.15, 0.2) is 59.5 Å². The van der Waals surface area contributed by atoms with Crippen molar-refractivity contribution >= 4 is 21.6 Å². The van der Waals surface area contributed by atoms with Gasteiger partial charge in [0.25, 0.3) is 15.9 Å². The second kappa shape index (κ2) is 6.88. The van der Waals surface area contributed by atoms with Gasteiger partial charge < -0.3 is 4.90 Å². The highest BCUT2D eigenvalue weighted by atomic mass is 32.2. The predicted molar refractivity (Wildman–Crippen MR) is 98.0 cm³/mol. The molecule has 0 radical (unpaired) electrons. The van der Waals surface area contributed by atoms with E-state index in [1.807, 2.05) is 7.05 Å². The fourth-order valence-electron chi connectivity index (χ4n) is 2.78. The van der Waals surface area contributed by atoms with Crippen molar-refractivity contribution in [2.45, 2.75) is 30.7 Å². The van der Waals surface area contributed by atoms with Crippen LogP contribution in [0, 0.1) is 5.92 Å². The van der Waals surface area contributed by atoms with Crippen LogP contribution < -0.4 is 4.72 Å². The molecule has 5 nitrogen and oxygen atoms in total. The number of amides is 1. The number of anilines is 1. The van der Waals surface area contributed by atoms with Gasteiger partial charge in [0.15, 0.2) is 0 Å². The average Bonchev–Trinajstić information content (AvgIpc) is 3.46. The number of carbonyl (C=O) groups is 1. The van der Waals surface area contributed by atoms with Gasteiger partial charge in [-0.1, -0.05) is 18.2 Å². The number of carbonyl (C=O) groups excluding carboxylic acids is 1. The van der Waals surface area contributed by atoms with E-state index < -0.39 is 10.0 Å². The van der Waals surface area contributed by atoms with Gasteiger partial charge in [0.2, 0.25) is 0 Å². The van der Waals surface area contributed by atoms with Crippen molar-refractivity contribution in [3.05, 3.63) is 60.2 Å². The van der Waals surface area contributed by atoms with Crippen LogP contribution in [0.25, 0.3) is 0 Å². The van der Waals surface area contributed by atoms with Crippen LogP contribution in [-0.2, 0) is 10.0 Å². The van der Waals surface area contributed by atoms with E-state index >= 15 is 0 Å². The molecule has 0 unspecified atom stereocenters. The molecule has 132 valence electrons. The molecule has 0 aromatic heterocycles. The summed E-state index contributed by atoms with van der Waals surface area (Å²) in [6, 6.07) is 14.9. The molecule has 25 heavy (non-hydrogen) atoms. The third-order valence-corrected chi connectivity index (χ3v) is 6.07. The second-order valence-corrected chi connectivity index (χ2v) is 8.17. The maximum Gasteiger partial charge on any atom is 0.261 e.